The Hall–Kier alpha value is -7.81. The molecule has 2 aromatic heterocycles. The number of β-amino-alcohol motifs (C(OH)–C–C–N with tert-alkyl or cyclic N) is 1. The lowest BCUT2D eigenvalue weighted by molar-refractivity contribution is -0.144. The van der Waals surface area contributed by atoms with Crippen molar-refractivity contribution in [1.29, 1.82) is 0 Å². The van der Waals surface area contributed by atoms with Crippen molar-refractivity contribution in [2.24, 2.45) is 5.41 Å². The number of pyridine rings is 1. The van der Waals surface area contributed by atoms with Crippen LogP contribution < -0.4 is 25.6 Å². The average Bonchev–Trinajstić information content (AvgIpc) is 4.24. The van der Waals surface area contributed by atoms with Crippen LogP contribution in [0.3, 0.4) is 0 Å². The highest BCUT2D eigenvalue weighted by molar-refractivity contribution is 6.03. The van der Waals surface area contributed by atoms with Crippen LogP contribution in [0.2, 0.25) is 0 Å². The predicted molar refractivity (Wildman–Crippen MR) is 304 cm³/mol. The fourth-order valence-electron chi connectivity index (χ4n) is 11.9. The Morgan fingerprint density at radius 1 is 0.975 bits per heavy atom. The van der Waals surface area contributed by atoms with E-state index < -0.39 is 53.1 Å². The van der Waals surface area contributed by atoms with Crippen LogP contribution in [0.5, 0.6) is 11.8 Å². The van der Waals surface area contributed by atoms with Crippen LogP contribution in [0, 0.1) is 36.0 Å². The first-order chi connectivity index (χ1) is 39.0. The van der Waals surface area contributed by atoms with Crippen molar-refractivity contribution in [2.75, 3.05) is 57.4 Å². The van der Waals surface area contributed by atoms with E-state index in [1.165, 1.54) is 35.4 Å². The van der Waals surface area contributed by atoms with E-state index >= 15 is 8.78 Å². The molecule has 17 nitrogen and oxygen atoms in total. The summed E-state index contributed by atoms with van der Waals surface area (Å²) in [6, 6.07) is 18.6. The third kappa shape index (κ3) is 12.3. The molecule has 7 atom stereocenters. The molecule has 4 aromatic carbocycles. The molecule has 6 aromatic rings. The lowest BCUT2D eigenvalue weighted by Crippen LogP contribution is -2.58. The number of piperazine rings is 1. The maximum absolute atomic E-state index is 17.1. The number of halogens is 2. The van der Waals surface area contributed by atoms with Crippen molar-refractivity contribution in [2.45, 2.75) is 115 Å². The summed E-state index contributed by atoms with van der Waals surface area (Å²) in [6.07, 6.45) is 10.9. The zero-order valence-electron chi connectivity index (χ0n) is 46.1. The van der Waals surface area contributed by atoms with E-state index in [0.29, 0.717) is 54.9 Å². The van der Waals surface area contributed by atoms with E-state index in [0.717, 1.165) is 48.9 Å². The number of carbonyl (C=O) groups excluding carboxylic acids is 3. The number of amides is 3. The number of aromatic hydroxyl groups is 1. The molecule has 4 fully saturated rings. The number of rotatable bonds is 18. The SMILES string of the molecule is [C-]#[N+]c1ccccc1-c1ccc([C@H](C)NC(=O)[C@@H]2C[C@@H](O)CN2C(=O)[C@@H](NC(=O)CCOCCCN2CCC[C@H]2COc2nc(N3CC4CCC(C3)N4)c3cnc(-c4cc(O)cc5ccc(F)c(C#C)c45)c(F)c3n2)C(C)(C)C)cc1. The number of hydrogen-bond donors (Lipinski definition) is 5. The van der Waals surface area contributed by atoms with Gasteiger partial charge in [0.1, 0.15) is 47.3 Å². The van der Waals surface area contributed by atoms with Gasteiger partial charge in [-0.05, 0) is 91.3 Å². The van der Waals surface area contributed by atoms with Gasteiger partial charge in [0.25, 0.3) is 0 Å². The van der Waals surface area contributed by atoms with Gasteiger partial charge in [-0.3, -0.25) is 24.3 Å². The highest BCUT2D eigenvalue weighted by atomic mass is 19.1. The van der Waals surface area contributed by atoms with Gasteiger partial charge in [-0.15, -0.1) is 6.42 Å². The molecule has 4 aliphatic heterocycles. The number of likely N-dealkylation sites (tertiary alicyclic amines) is 2. The number of anilines is 1. The number of ether oxygens (including phenoxy) is 2. The first kappa shape index (κ1) is 56.5. The molecule has 4 saturated heterocycles. The Morgan fingerprint density at radius 3 is 2.48 bits per heavy atom. The average molecular weight is 1100 g/mol. The van der Waals surface area contributed by atoms with Crippen LogP contribution >= 0.6 is 0 Å². The number of fused-ring (bicyclic) bond motifs is 4. The summed E-state index contributed by atoms with van der Waals surface area (Å²) in [5.74, 6) is 0.0373. The molecule has 3 amide bonds. The third-order valence-corrected chi connectivity index (χ3v) is 16.1. The fourth-order valence-corrected chi connectivity index (χ4v) is 11.9. The smallest absolute Gasteiger partial charge is 0.319 e. The first-order valence-corrected chi connectivity index (χ1v) is 27.9. The number of hydrogen-bond acceptors (Lipinski definition) is 13. The van der Waals surface area contributed by atoms with Crippen LogP contribution in [0.25, 0.3) is 48.9 Å². The fraction of sp³-hybridized carbons (Fsp3) is 0.435. The van der Waals surface area contributed by atoms with Crippen LogP contribution in [-0.2, 0) is 19.1 Å². The lowest BCUT2D eigenvalue weighted by atomic mass is 9.85. The normalized spacial score (nSPS) is 20.7. The second-order valence-electron chi connectivity index (χ2n) is 22.8. The zero-order valence-corrected chi connectivity index (χ0v) is 46.1. The van der Waals surface area contributed by atoms with Crippen LogP contribution in [0.1, 0.15) is 89.8 Å². The number of para-hydroxylation sites is 1. The molecule has 2 bridgehead atoms. The number of phenolic OH excluding ortho intramolecular Hbond substituents is 1. The molecule has 6 heterocycles. The summed E-state index contributed by atoms with van der Waals surface area (Å²) in [7, 11) is 0. The minimum Gasteiger partial charge on any atom is -0.508 e. The standard InChI is InChI=1S/C62H68F2N10O7/c1-7-45-49(63)22-19-39-28-43(75)29-47(53(39)45)55-54(64)56-48(31-66-55)58(73-32-40-20-21-41(33-73)68-40)71-61(70-56)81-35-42-12-10-24-72(42)25-11-26-80-27-23-52(77)69-57(62(3,4)5)60(79)74-34-44(76)30-51(74)59(78)67-36(2)37-15-17-38(18-16-37)46-13-8-9-14-50(46)65-6/h1,8-9,13-19,22,28-29,31,36,40-42,44,51,57,68,75-76H,10-12,20-21,23-27,30,32-35H2,2-5H3,(H,67,78)(H,69,77)/t36-,40?,41?,42-,44+,51-,57+/m0/s1. The van der Waals surface area contributed by atoms with Gasteiger partial charge in [-0.1, -0.05) is 81.3 Å². The highest BCUT2D eigenvalue weighted by Crippen LogP contribution is 2.40. The summed E-state index contributed by atoms with van der Waals surface area (Å²) in [4.78, 5) is 65.0. The van der Waals surface area contributed by atoms with E-state index in [-0.39, 0.29) is 96.1 Å². The number of aliphatic hydroxyl groups excluding tert-OH is 1. The Balaban J connectivity index is 0.732. The molecule has 81 heavy (non-hydrogen) atoms. The van der Waals surface area contributed by atoms with Crippen LogP contribution in [0.4, 0.5) is 20.3 Å². The van der Waals surface area contributed by atoms with Crippen LogP contribution in [-0.4, -0.2) is 142 Å². The monoisotopic (exact) mass is 1100 g/mol. The number of aromatic nitrogens is 3. The van der Waals surface area contributed by atoms with Gasteiger partial charge in [0.05, 0.1) is 36.3 Å². The largest absolute Gasteiger partial charge is 0.508 e. The number of carbonyl (C=O) groups is 3. The minimum absolute atomic E-state index is 0.00239. The second kappa shape index (κ2) is 24.1. The molecule has 0 spiro atoms. The van der Waals surface area contributed by atoms with Crippen molar-refractivity contribution in [1.82, 2.24) is 40.7 Å². The topological polar surface area (TPSA) is 199 Å². The molecule has 4 aliphatic rings. The first-order valence-electron chi connectivity index (χ1n) is 27.9. The Labute approximate surface area is 470 Å². The molecule has 0 saturated carbocycles. The Bertz CT molecular complexity index is 3420. The molecule has 422 valence electrons. The molecular weight excluding hydrogens is 1030 g/mol. The van der Waals surface area contributed by atoms with Gasteiger partial charge in [0, 0.05) is 80.9 Å². The van der Waals surface area contributed by atoms with Crippen molar-refractivity contribution in [3.05, 3.63) is 113 Å². The number of nitrogens with one attached hydrogen (secondary N) is 3. The van der Waals surface area contributed by atoms with Crippen LogP contribution in [0.15, 0.2) is 79.0 Å². The highest BCUT2D eigenvalue weighted by Gasteiger charge is 2.45. The van der Waals surface area contributed by atoms with Gasteiger partial charge in [-0.25, -0.2) is 13.6 Å². The molecular formula is C62H68F2N10O7. The van der Waals surface area contributed by atoms with Gasteiger partial charge in [0.15, 0.2) is 11.5 Å². The summed E-state index contributed by atoms with van der Waals surface area (Å²) < 4.78 is 44.5. The molecule has 10 rings (SSSR count). The van der Waals surface area contributed by atoms with Crippen molar-refractivity contribution < 1.29 is 42.9 Å². The lowest BCUT2D eigenvalue weighted by Gasteiger charge is -2.35. The number of terminal acetylenes is 1. The van der Waals surface area contributed by atoms with Gasteiger partial charge >= 0.3 is 6.01 Å². The van der Waals surface area contributed by atoms with Crippen molar-refractivity contribution in [3.63, 3.8) is 0 Å². The van der Waals surface area contributed by atoms with Gasteiger partial charge in [-0.2, -0.15) is 9.97 Å². The Morgan fingerprint density at radius 2 is 1.74 bits per heavy atom. The number of aliphatic hydroxyl groups is 1. The predicted octanol–water partition coefficient (Wildman–Crippen LogP) is 7.98. The third-order valence-electron chi connectivity index (χ3n) is 16.1. The maximum atomic E-state index is 17.1. The van der Waals surface area contributed by atoms with E-state index in [4.69, 9.17) is 27.5 Å². The summed E-state index contributed by atoms with van der Waals surface area (Å²) in [5, 5.41) is 32.1. The quantitative estimate of drug-likeness (QED) is 0.0316. The summed E-state index contributed by atoms with van der Waals surface area (Å²) >= 11 is 0. The van der Waals surface area contributed by atoms with Crippen molar-refractivity contribution >= 4 is 50.9 Å². The molecule has 19 heteroatoms. The second-order valence-corrected chi connectivity index (χ2v) is 22.8. The maximum Gasteiger partial charge on any atom is 0.319 e. The minimum atomic E-state index is -0.985. The van der Waals surface area contributed by atoms with Crippen molar-refractivity contribution in [3.8, 4) is 46.5 Å². The Kier molecular flexibility index (Phi) is 16.8. The van der Waals surface area contributed by atoms with E-state index in [2.05, 4.69) is 46.5 Å². The molecule has 0 aliphatic carbocycles. The molecule has 2 unspecified atom stereocenters. The summed E-state index contributed by atoms with van der Waals surface area (Å²) in [6.45, 7) is 18.4. The van der Waals surface area contributed by atoms with Gasteiger partial charge in [0.2, 0.25) is 17.7 Å². The number of benzene rings is 4. The molecule has 5 N–H and O–H groups in total. The summed E-state index contributed by atoms with van der Waals surface area (Å²) in [5.41, 5.74) is 2.20. The van der Waals surface area contributed by atoms with Gasteiger partial charge < -0.3 is 45.4 Å². The number of nitrogens with zero attached hydrogens (tertiary/aromatic N) is 7. The number of phenols is 1. The van der Waals surface area contributed by atoms with E-state index in [1.807, 2.05) is 70.2 Å². The zero-order chi connectivity index (χ0) is 57.1. The van der Waals surface area contributed by atoms with E-state index in [9.17, 15) is 24.6 Å². The van der Waals surface area contributed by atoms with E-state index in [1.54, 1.807) is 6.07 Å². The molecule has 0 radical (unpaired) electrons.